The molecule has 1 amide bonds. The van der Waals surface area contributed by atoms with E-state index in [0.717, 1.165) is 23.5 Å². The summed E-state index contributed by atoms with van der Waals surface area (Å²) in [5.41, 5.74) is -0.0462. The SMILES string of the molecule is O=C(c1cc(F)cc(F)c1)N1CCC(NS(=O)(=O)c2cccs2)CC1. The molecular weight excluding hydrogens is 370 g/mol. The van der Waals surface area contributed by atoms with Gasteiger partial charge in [-0.1, -0.05) is 6.07 Å². The van der Waals surface area contributed by atoms with Crippen LogP contribution in [0.2, 0.25) is 0 Å². The molecule has 1 aliphatic rings. The molecule has 0 saturated carbocycles. The Bertz CT molecular complexity index is 841. The van der Waals surface area contributed by atoms with Gasteiger partial charge in [0.25, 0.3) is 5.91 Å². The predicted octanol–water partition coefficient (Wildman–Crippen LogP) is 2.61. The maximum Gasteiger partial charge on any atom is 0.254 e. The number of nitrogens with one attached hydrogen (secondary N) is 1. The summed E-state index contributed by atoms with van der Waals surface area (Å²) < 4.78 is 53.8. The summed E-state index contributed by atoms with van der Waals surface area (Å²) in [7, 11) is -3.55. The van der Waals surface area contributed by atoms with Crippen molar-refractivity contribution in [2.24, 2.45) is 0 Å². The van der Waals surface area contributed by atoms with Gasteiger partial charge in [-0.25, -0.2) is 21.9 Å². The van der Waals surface area contributed by atoms with Gasteiger partial charge in [-0.05, 0) is 36.4 Å². The lowest BCUT2D eigenvalue weighted by molar-refractivity contribution is 0.0710. The predicted molar refractivity (Wildman–Crippen MR) is 89.9 cm³/mol. The van der Waals surface area contributed by atoms with E-state index >= 15 is 0 Å². The minimum Gasteiger partial charge on any atom is -0.339 e. The van der Waals surface area contributed by atoms with Gasteiger partial charge >= 0.3 is 0 Å². The Kier molecular flexibility index (Phi) is 5.16. The second kappa shape index (κ2) is 7.19. The maximum atomic E-state index is 13.3. The number of benzene rings is 1. The third-order valence-corrected chi connectivity index (χ3v) is 6.89. The van der Waals surface area contributed by atoms with Crippen molar-refractivity contribution in [3.05, 3.63) is 52.9 Å². The van der Waals surface area contributed by atoms with Gasteiger partial charge in [0, 0.05) is 30.8 Å². The number of sulfonamides is 1. The molecule has 1 fully saturated rings. The molecule has 0 atom stereocenters. The average Bonchev–Trinajstić information content (AvgIpc) is 3.09. The van der Waals surface area contributed by atoms with Crippen LogP contribution in [0.5, 0.6) is 0 Å². The molecule has 25 heavy (non-hydrogen) atoms. The lowest BCUT2D eigenvalue weighted by Crippen LogP contribution is -2.46. The monoisotopic (exact) mass is 386 g/mol. The molecule has 5 nitrogen and oxygen atoms in total. The molecule has 0 spiro atoms. The molecule has 134 valence electrons. The van der Waals surface area contributed by atoms with Gasteiger partial charge < -0.3 is 4.90 Å². The highest BCUT2D eigenvalue weighted by atomic mass is 32.2. The van der Waals surface area contributed by atoms with Crippen molar-refractivity contribution in [2.75, 3.05) is 13.1 Å². The zero-order chi connectivity index (χ0) is 18.0. The minimum atomic E-state index is -3.55. The summed E-state index contributed by atoms with van der Waals surface area (Å²) in [6.45, 7) is 0.628. The van der Waals surface area contributed by atoms with Crippen LogP contribution in [-0.4, -0.2) is 38.4 Å². The molecular formula is C16H16F2N2O3S2. The van der Waals surface area contributed by atoms with Crippen molar-refractivity contribution in [3.63, 3.8) is 0 Å². The molecule has 0 unspecified atom stereocenters. The first-order chi connectivity index (χ1) is 11.8. The summed E-state index contributed by atoms with van der Waals surface area (Å²) in [5.74, 6) is -2.07. The van der Waals surface area contributed by atoms with Crippen molar-refractivity contribution in [2.45, 2.75) is 23.1 Å². The number of amides is 1. The molecule has 1 aliphatic heterocycles. The number of piperidine rings is 1. The van der Waals surface area contributed by atoms with E-state index in [4.69, 9.17) is 0 Å². The molecule has 2 heterocycles. The van der Waals surface area contributed by atoms with E-state index in [-0.39, 0.29) is 15.8 Å². The molecule has 9 heteroatoms. The van der Waals surface area contributed by atoms with Crippen molar-refractivity contribution >= 4 is 27.3 Å². The number of hydrogen-bond acceptors (Lipinski definition) is 4. The molecule has 0 bridgehead atoms. The molecule has 0 aliphatic carbocycles. The van der Waals surface area contributed by atoms with Crippen molar-refractivity contribution in [1.29, 1.82) is 0 Å². The van der Waals surface area contributed by atoms with Crippen molar-refractivity contribution < 1.29 is 22.0 Å². The van der Waals surface area contributed by atoms with Gasteiger partial charge in [-0.2, -0.15) is 0 Å². The van der Waals surface area contributed by atoms with Crippen LogP contribution >= 0.6 is 11.3 Å². The average molecular weight is 386 g/mol. The Balaban J connectivity index is 1.61. The number of likely N-dealkylation sites (tertiary alicyclic amines) is 1. The quantitative estimate of drug-likeness (QED) is 0.878. The molecule has 1 aromatic heterocycles. The first kappa shape index (κ1) is 18.0. The van der Waals surface area contributed by atoms with Crippen LogP contribution in [-0.2, 0) is 10.0 Å². The van der Waals surface area contributed by atoms with E-state index in [2.05, 4.69) is 4.72 Å². The number of hydrogen-bond donors (Lipinski definition) is 1. The van der Waals surface area contributed by atoms with Crippen LogP contribution in [0.25, 0.3) is 0 Å². The number of carbonyl (C=O) groups is 1. The molecule has 0 radical (unpaired) electrons. The Morgan fingerprint density at radius 2 is 1.80 bits per heavy atom. The summed E-state index contributed by atoms with van der Waals surface area (Å²) >= 11 is 1.14. The van der Waals surface area contributed by atoms with E-state index < -0.39 is 27.6 Å². The Morgan fingerprint density at radius 3 is 2.36 bits per heavy atom. The third kappa shape index (κ3) is 4.23. The highest BCUT2D eigenvalue weighted by molar-refractivity contribution is 7.91. The van der Waals surface area contributed by atoms with Gasteiger partial charge in [0.1, 0.15) is 15.8 Å². The number of thiophene rings is 1. The fourth-order valence-corrected chi connectivity index (χ4v) is 5.07. The van der Waals surface area contributed by atoms with Crippen LogP contribution < -0.4 is 4.72 Å². The van der Waals surface area contributed by atoms with E-state index in [1.807, 2.05) is 0 Å². The second-order valence-electron chi connectivity index (χ2n) is 5.78. The van der Waals surface area contributed by atoms with Gasteiger partial charge in [-0.3, -0.25) is 4.79 Å². The van der Waals surface area contributed by atoms with E-state index in [9.17, 15) is 22.0 Å². The number of rotatable bonds is 4. The smallest absolute Gasteiger partial charge is 0.254 e. The first-order valence-corrected chi connectivity index (χ1v) is 10.0. The topological polar surface area (TPSA) is 66.5 Å². The van der Waals surface area contributed by atoms with Gasteiger partial charge in [0.15, 0.2) is 0 Å². The van der Waals surface area contributed by atoms with Gasteiger partial charge in [0.05, 0.1) is 0 Å². The lowest BCUT2D eigenvalue weighted by atomic mass is 10.0. The molecule has 1 N–H and O–H groups in total. The number of nitrogens with zero attached hydrogens (tertiary/aromatic N) is 1. The summed E-state index contributed by atoms with van der Waals surface area (Å²) in [5, 5.41) is 1.69. The van der Waals surface area contributed by atoms with Crippen molar-refractivity contribution in [1.82, 2.24) is 9.62 Å². The standard InChI is InChI=1S/C16H16F2N2O3S2/c17-12-8-11(9-13(18)10-12)16(21)20-5-3-14(4-6-20)19-25(22,23)15-2-1-7-24-15/h1-2,7-10,14,19H,3-6H2. The van der Waals surface area contributed by atoms with E-state index in [0.29, 0.717) is 32.0 Å². The maximum absolute atomic E-state index is 13.3. The van der Waals surface area contributed by atoms with Crippen LogP contribution in [0.15, 0.2) is 39.9 Å². The Morgan fingerprint density at radius 1 is 1.16 bits per heavy atom. The number of halogens is 2. The summed E-state index contributed by atoms with van der Waals surface area (Å²) in [4.78, 5) is 13.8. The molecule has 3 rings (SSSR count). The zero-order valence-corrected chi connectivity index (χ0v) is 14.7. The van der Waals surface area contributed by atoms with Crippen molar-refractivity contribution in [3.8, 4) is 0 Å². The van der Waals surface area contributed by atoms with Crippen LogP contribution in [0.4, 0.5) is 8.78 Å². The van der Waals surface area contributed by atoms with Crippen LogP contribution in [0.1, 0.15) is 23.2 Å². The summed E-state index contributed by atoms with van der Waals surface area (Å²) in [6, 6.07) is 5.62. The third-order valence-electron chi connectivity index (χ3n) is 3.97. The van der Waals surface area contributed by atoms with E-state index in [1.165, 1.54) is 11.0 Å². The highest BCUT2D eigenvalue weighted by Gasteiger charge is 2.27. The largest absolute Gasteiger partial charge is 0.339 e. The normalized spacial score (nSPS) is 16.2. The Labute approximate surface area is 148 Å². The molecule has 1 saturated heterocycles. The summed E-state index contributed by atoms with van der Waals surface area (Å²) in [6.07, 6.45) is 0.877. The van der Waals surface area contributed by atoms with Crippen LogP contribution in [0, 0.1) is 11.6 Å². The highest BCUT2D eigenvalue weighted by Crippen LogP contribution is 2.20. The second-order valence-corrected chi connectivity index (χ2v) is 8.67. The Hall–Kier alpha value is -1.84. The molecule has 2 aromatic rings. The van der Waals surface area contributed by atoms with Gasteiger partial charge in [-0.15, -0.1) is 11.3 Å². The molecule has 1 aromatic carbocycles. The fraction of sp³-hybridized carbons (Fsp3) is 0.312. The minimum absolute atomic E-state index is 0.0462. The van der Waals surface area contributed by atoms with Gasteiger partial charge in [0.2, 0.25) is 10.0 Å². The lowest BCUT2D eigenvalue weighted by Gasteiger charge is -2.32. The number of carbonyl (C=O) groups excluding carboxylic acids is 1. The fourth-order valence-electron chi connectivity index (χ4n) is 2.75. The first-order valence-electron chi connectivity index (χ1n) is 7.66. The van der Waals surface area contributed by atoms with E-state index in [1.54, 1.807) is 11.4 Å². The zero-order valence-electron chi connectivity index (χ0n) is 13.1. The van der Waals surface area contributed by atoms with Crippen LogP contribution in [0.3, 0.4) is 0 Å².